The molecule has 0 aliphatic heterocycles. The highest BCUT2D eigenvalue weighted by Crippen LogP contribution is 2.33. The predicted octanol–water partition coefficient (Wildman–Crippen LogP) is 2.91. The fourth-order valence-corrected chi connectivity index (χ4v) is 2.25. The van der Waals surface area contributed by atoms with Gasteiger partial charge in [0.05, 0.1) is 0 Å². The zero-order chi connectivity index (χ0) is 11.8. The lowest BCUT2D eigenvalue weighted by atomic mass is 10.2. The first-order valence-corrected chi connectivity index (χ1v) is 6.31. The van der Waals surface area contributed by atoms with Gasteiger partial charge in [-0.1, -0.05) is 11.6 Å². The first kappa shape index (κ1) is 12.6. The third-order valence-electron chi connectivity index (χ3n) is 1.75. The van der Waals surface area contributed by atoms with Gasteiger partial charge in [-0.2, -0.15) is 0 Å². The molecular weight excluding hydrogens is 271 g/mol. The van der Waals surface area contributed by atoms with Gasteiger partial charge in [0, 0.05) is 22.4 Å². The maximum atomic E-state index is 12.6. The number of nitrogens with zero attached hydrogens (tertiary/aromatic N) is 1. The fourth-order valence-electron chi connectivity index (χ4n) is 1.04. The van der Waals surface area contributed by atoms with Crippen molar-refractivity contribution >= 4 is 31.3 Å². The lowest BCUT2D eigenvalue weighted by Crippen LogP contribution is -2.03. The van der Waals surface area contributed by atoms with Crippen LogP contribution in [0.3, 0.4) is 0 Å². The summed E-state index contributed by atoms with van der Waals surface area (Å²) in [5, 5.41) is -0.172. The molecule has 1 rings (SSSR count). The fraction of sp³-hybridized carbons (Fsp3) is 0.286. The summed E-state index contributed by atoms with van der Waals surface area (Å²) in [5.74, 6) is 0. The molecule has 0 saturated carbocycles. The SMILES string of the molecule is Cc1c(Cl)ncc(S(=O)(=O)Cl)c1C(F)F. The van der Waals surface area contributed by atoms with Crippen LogP contribution in [-0.4, -0.2) is 13.4 Å². The number of halogens is 4. The largest absolute Gasteiger partial charge is 0.265 e. The molecule has 0 fully saturated rings. The van der Waals surface area contributed by atoms with Crippen LogP contribution < -0.4 is 0 Å². The second-order valence-corrected chi connectivity index (χ2v) is 5.58. The molecular formula is C7H5Cl2F2NO2S. The van der Waals surface area contributed by atoms with Gasteiger partial charge in [0.25, 0.3) is 15.5 Å². The molecule has 3 nitrogen and oxygen atoms in total. The van der Waals surface area contributed by atoms with Gasteiger partial charge in [0.15, 0.2) is 0 Å². The van der Waals surface area contributed by atoms with E-state index in [1.54, 1.807) is 0 Å². The van der Waals surface area contributed by atoms with Gasteiger partial charge in [0.1, 0.15) is 10.0 Å². The number of aromatic nitrogens is 1. The van der Waals surface area contributed by atoms with Crippen LogP contribution in [0.15, 0.2) is 11.1 Å². The van der Waals surface area contributed by atoms with Crippen molar-refractivity contribution in [2.24, 2.45) is 0 Å². The Labute approximate surface area is 94.4 Å². The number of hydrogen-bond acceptors (Lipinski definition) is 3. The second-order valence-electron chi connectivity index (χ2n) is 2.69. The number of pyridine rings is 1. The number of hydrogen-bond donors (Lipinski definition) is 0. The molecule has 1 aromatic heterocycles. The van der Waals surface area contributed by atoms with Crippen LogP contribution in [-0.2, 0) is 9.05 Å². The Kier molecular flexibility index (Phi) is 3.52. The average molecular weight is 276 g/mol. The van der Waals surface area contributed by atoms with Crippen LogP contribution in [0, 0.1) is 6.92 Å². The predicted molar refractivity (Wildman–Crippen MR) is 52.0 cm³/mol. The molecule has 0 bridgehead atoms. The van der Waals surface area contributed by atoms with Crippen molar-refractivity contribution in [3.8, 4) is 0 Å². The van der Waals surface area contributed by atoms with E-state index in [0.29, 0.717) is 0 Å². The lowest BCUT2D eigenvalue weighted by molar-refractivity contribution is 0.147. The van der Waals surface area contributed by atoms with Gasteiger partial charge >= 0.3 is 0 Å². The van der Waals surface area contributed by atoms with Crippen LogP contribution in [0.4, 0.5) is 8.78 Å². The summed E-state index contributed by atoms with van der Waals surface area (Å²) < 4.78 is 47.1. The molecule has 0 N–H and O–H groups in total. The summed E-state index contributed by atoms with van der Waals surface area (Å²) in [5.41, 5.74) is -0.793. The smallest absolute Gasteiger partial charge is 0.243 e. The zero-order valence-electron chi connectivity index (χ0n) is 7.34. The minimum absolute atomic E-state index is 0.0895. The Balaban J connectivity index is 3.62. The quantitative estimate of drug-likeness (QED) is 0.616. The van der Waals surface area contributed by atoms with Crippen molar-refractivity contribution in [3.05, 3.63) is 22.5 Å². The summed E-state index contributed by atoms with van der Waals surface area (Å²) in [7, 11) is 0.741. The van der Waals surface area contributed by atoms with E-state index in [1.165, 1.54) is 6.92 Å². The Hall–Kier alpha value is -0.460. The maximum Gasteiger partial charge on any atom is 0.265 e. The summed E-state index contributed by atoms with van der Waals surface area (Å²) in [6, 6.07) is 0. The molecule has 0 amide bonds. The van der Waals surface area contributed by atoms with E-state index in [-0.39, 0.29) is 10.7 Å². The van der Waals surface area contributed by atoms with E-state index in [0.717, 1.165) is 6.20 Å². The molecule has 84 valence electrons. The maximum absolute atomic E-state index is 12.6. The summed E-state index contributed by atoms with van der Waals surface area (Å²) in [6.45, 7) is 1.25. The van der Waals surface area contributed by atoms with Crippen molar-refractivity contribution in [1.29, 1.82) is 0 Å². The van der Waals surface area contributed by atoms with Crippen LogP contribution >= 0.6 is 22.3 Å². The van der Waals surface area contributed by atoms with E-state index in [9.17, 15) is 17.2 Å². The third-order valence-corrected chi connectivity index (χ3v) is 3.49. The van der Waals surface area contributed by atoms with Gasteiger partial charge in [-0.3, -0.25) is 0 Å². The number of rotatable bonds is 2. The van der Waals surface area contributed by atoms with Crippen molar-refractivity contribution in [2.45, 2.75) is 18.2 Å². The minimum Gasteiger partial charge on any atom is -0.243 e. The molecule has 0 saturated heterocycles. The molecule has 1 heterocycles. The van der Waals surface area contributed by atoms with E-state index in [1.807, 2.05) is 0 Å². The third kappa shape index (κ3) is 2.56. The van der Waals surface area contributed by atoms with Crippen LogP contribution in [0.2, 0.25) is 5.15 Å². The van der Waals surface area contributed by atoms with E-state index < -0.39 is 25.9 Å². The minimum atomic E-state index is -4.25. The normalized spacial score (nSPS) is 12.1. The molecule has 0 aliphatic rings. The van der Waals surface area contributed by atoms with Crippen LogP contribution in [0.5, 0.6) is 0 Å². The molecule has 8 heteroatoms. The van der Waals surface area contributed by atoms with Crippen LogP contribution in [0.1, 0.15) is 17.6 Å². The van der Waals surface area contributed by atoms with E-state index >= 15 is 0 Å². The first-order chi connectivity index (χ1) is 6.75. The summed E-state index contributed by atoms with van der Waals surface area (Å²) in [6.07, 6.45) is -2.26. The molecule has 0 radical (unpaired) electrons. The summed E-state index contributed by atoms with van der Waals surface area (Å²) in [4.78, 5) is 2.75. The average Bonchev–Trinajstić information content (AvgIpc) is 2.06. The zero-order valence-corrected chi connectivity index (χ0v) is 9.67. The monoisotopic (exact) mass is 275 g/mol. The number of alkyl halides is 2. The Morgan fingerprint density at radius 2 is 2.00 bits per heavy atom. The Morgan fingerprint density at radius 1 is 1.47 bits per heavy atom. The summed E-state index contributed by atoms with van der Waals surface area (Å²) >= 11 is 5.50. The molecule has 1 aromatic rings. The highest BCUT2D eigenvalue weighted by atomic mass is 35.7. The topological polar surface area (TPSA) is 47.0 Å². The van der Waals surface area contributed by atoms with Crippen molar-refractivity contribution in [3.63, 3.8) is 0 Å². The van der Waals surface area contributed by atoms with Crippen molar-refractivity contribution in [2.75, 3.05) is 0 Å². The van der Waals surface area contributed by atoms with Gasteiger partial charge in [-0.15, -0.1) is 0 Å². The molecule has 0 unspecified atom stereocenters. The van der Waals surface area contributed by atoms with Gasteiger partial charge in [-0.25, -0.2) is 22.2 Å². The van der Waals surface area contributed by atoms with Crippen molar-refractivity contribution < 1.29 is 17.2 Å². The van der Waals surface area contributed by atoms with Gasteiger partial charge in [0.2, 0.25) is 0 Å². The Morgan fingerprint density at radius 3 is 2.40 bits per heavy atom. The lowest BCUT2D eigenvalue weighted by Gasteiger charge is -2.09. The standard InChI is InChI=1S/C7H5Cl2F2NO2S/c1-3-5(7(10)11)4(15(9,13)14)2-12-6(3)8/h2,7H,1H3. The van der Waals surface area contributed by atoms with Crippen LogP contribution in [0.25, 0.3) is 0 Å². The Bertz CT molecular complexity index is 490. The van der Waals surface area contributed by atoms with Crippen molar-refractivity contribution in [1.82, 2.24) is 4.98 Å². The molecule has 15 heavy (non-hydrogen) atoms. The second kappa shape index (κ2) is 4.19. The van der Waals surface area contributed by atoms with Gasteiger partial charge < -0.3 is 0 Å². The molecule has 0 spiro atoms. The molecule has 0 aromatic carbocycles. The first-order valence-electron chi connectivity index (χ1n) is 3.63. The van der Waals surface area contributed by atoms with E-state index in [4.69, 9.17) is 22.3 Å². The van der Waals surface area contributed by atoms with Gasteiger partial charge in [-0.05, 0) is 12.5 Å². The molecule has 0 aliphatic carbocycles. The highest BCUT2D eigenvalue weighted by molar-refractivity contribution is 8.13. The van der Waals surface area contributed by atoms with E-state index in [2.05, 4.69) is 4.98 Å². The highest BCUT2D eigenvalue weighted by Gasteiger charge is 2.25. The molecule has 0 atom stereocenters.